The number of rotatable bonds is 7. The highest BCUT2D eigenvalue weighted by atomic mass is 15.2. The molecule has 0 saturated heterocycles. The molecule has 0 fully saturated rings. The number of para-hydroxylation sites is 3. The van der Waals surface area contributed by atoms with Gasteiger partial charge in [-0.25, -0.2) is 4.98 Å². The van der Waals surface area contributed by atoms with Gasteiger partial charge >= 0.3 is 0 Å². The molecule has 5 nitrogen and oxygen atoms in total. The highest BCUT2D eigenvalue weighted by molar-refractivity contribution is 6.19. The summed E-state index contributed by atoms with van der Waals surface area (Å²) in [6, 6.07) is 79.2. The minimum Gasteiger partial charge on any atom is -0.309 e. The number of aromatic nitrogens is 5. The minimum atomic E-state index is 0.554. The molecular formula is C57H37N5. The van der Waals surface area contributed by atoms with Crippen molar-refractivity contribution in [2.24, 2.45) is 0 Å². The maximum absolute atomic E-state index is 5.41. The van der Waals surface area contributed by atoms with Crippen molar-refractivity contribution in [3.63, 3.8) is 0 Å². The molecule has 62 heavy (non-hydrogen) atoms. The standard InChI is InChI=1S/C57H37N5/c1-4-18-38(19-5-1)39-32-34-42(35-33-39)55-58-56(47-28-11-10-24-43(47)40-20-6-2-7-21-40)60-57(59-55)62-52-31-17-14-27-46(52)49-36-48-45-26-13-16-30-51(45)61(53(48)37-54(49)62)50-29-15-12-25-44(50)41-22-8-3-9-23-41/h1-37H. The molecule has 5 heteroatoms. The maximum atomic E-state index is 5.41. The van der Waals surface area contributed by atoms with Crippen molar-refractivity contribution in [3.8, 4) is 67.8 Å². The summed E-state index contributed by atoms with van der Waals surface area (Å²) < 4.78 is 4.65. The summed E-state index contributed by atoms with van der Waals surface area (Å²) in [5, 5.41) is 4.65. The Morgan fingerprint density at radius 3 is 1.37 bits per heavy atom. The van der Waals surface area contributed by atoms with Crippen LogP contribution < -0.4 is 0 Å². The zero-order valence-electron chi connectivity index (χ0n) is 33.6. The van der Waals surface area contributed by atoms with Crippen LogP contribution in [0.15, 0.2) is 224 Å². The zero-order chi connectivity index (χ0) is 41.0. The van der Waals surface area contributed by atoms with Crippen LogP contribution in [0.25, 0.3) is 111 Å². The Bertz CT molecular complexity index is 3610. The first-order chi connectivity index (χ1) is 30.8. The van der Waals surface area contributed by atoms with Gasteiger partial charge in [0, 0.05) is 38.2 Å². The molecule has 0 unspecified atom stereocenters. The number of hydrogen-bond acceptors (Lipinski definition) is 3. The SMILES string of the molecule is c1ccc(-c2ccc(-c3nc(-c4ccccc4-c4ccccc4)nc(-n4c5ccccc5c5cc6c7ccccc7n(-c7ccccc7-c7ccccc7)c6cc54)n3)cc2)cc1. The van der Waals surface area contributed by atoms with Gasteiger partial charge in [-0.1, -0.05) is 194 Å². The monoisotopic (exact) mass is 791 g/mol. The highest BCUT2D eigenvalue weighted by Gasteiger charge is 2.23. The van der Waals surface area contributed by atoms with Crippen molar-refractivity contribution in [3.05, 3.63) is 224 Å². The molecule has 12 aromatic rings. The van der Waals surface area contributed by atoms with Gasteiger partial charge in [0.2, 0.25) is 5.95 Å². The Balaban J connectivity index is 1.14. The third-order valence-corrected chi connectivity index (χ3v) is 12.0. The lowest BCUT2D eigenvalue weighted by Gasteiger charge is -2.15. The molecule has 0 bridgehead atoms. The first-order valence-corrected chi connectivity index (χ1v) is 21.0. The Kier molecular flexibility index (Phi) is 8.42. The predicted molar refractivity (Wildman–Crippen MR) is 256 cm³/mol. The molecule has 3 aromatic heterocycles. The highest BCUT2D eigenvalue weighted by Crippen LogP contribution is 2.41. The van der Waals surface area contributed by atoms with Crippen molar-refractivity contribution < 1.29 is 0 Å². The average Bonchev–Trinajstić information content (AvgIpc) is 3.86. The molecular weight excluding hydrogens is 755 g/mol. The van der Waals surface area contributed by atoms with Crippen molar-refractivity contribution in [1.82, 2.24) is 24.1 Å². The molecule has 0 N–H and O–H groups in total. The van der Waals surface area contributed by atoms with Crippen LogP contribution in [0.2, 0.25) is 0 Å². The fourth-order valence-electron chi connectivity index (χ4n) is 9.14. The Hall–Kier alpha value is -8.41. The molecule has 12 rings (SSSR count). The van der Waals surface area contributed by atoms with Crippen molar-refractivity contribution in [1.29, 1.82) is 0 Å². The van der Waals surface area contributed by atoms with E-state index < -0.39 is 0 Å². The van der Waals surface area contributed by atoms with Gasteiger partial charge in [0.1, 0.15) is 0 Å². The second kappa shape index (κ2) is 14.7. The van der Waals surface area contributed by atoms with E-state index in [9.17, 15) is 0 Å². The Morgan fingerprint density at radius 1 is 0.258 bits per heavy atom. The van der Waals surface area contributed by atoms with Crippen molar-refractivity contribution in [2.45, 2.75) is 0 Å². The van der Waals surface area contributed by atoms with Gasteiger partial charge in [-0.15, -0.1) is 0 Å². The van der Waals surface area contributed by atoms with E-state index in [-0.39, 0.29) is 0 Å². The van der Waals surface area contributed by atoms with E-state index in [1.54, 1.807) is 0 Å². The second-order valence-electron chi connectivity index (χ2n) is 15.6. The zero-order valence-corrected chi connectivity index (χ0v) is 33.6. The predicted octanol–water partition coefficient (Wildman–Crippen LogP) is 14.4. The summed E-state index contributed by atoms with van der Waals surface area (Å²) in [6.45, 7) is 0. The van der Waals surface area contributed by atoms with Gasteiger partial charge in [0.15, 0.2) is 11.6 Å². The van der Waals surface area contributed by atoms with Crippen molar-refractivity contribution in [2.75, 3.05) is 0 Å². The van der Waals surface area contributed by atoms with Gasteiger partial charge in [0.25, 0.3) is 0 Å². The molecule has 0 aliphatic carbocycles. The van der Waals surface area contributed by atoms with Gasteiger partial charge in [-0.05, 0) is 58.1 Å². The minimum absolute atomic E-state index is 0.554. The molecule has 0 radical (unpaired) electrons. The summed E-state index contributed by atoms with van der Waals surface area (Å²) in [4.78, 5) is 16.0. The van der Waals surface area contributed by atoms with E-state index in [0.29, 0.717) is 17.6 Å². The van der Waals surface area contributed by atoms with Crippen LogP contribution in [0.1, 0.15) is 0 Å². The summed E-state index contributed by atoms with van der Waals surface area (Å²) in [5.74, 6) is 1.76. The largest absolute Gasteiger partial charge is 0.309 e. The summed E-state index contributed by atoms with van der Waals surface area (Å²) in [5.41, 5.74) is 14.0. The first-order valence-electron chi connectivity index (χ1n) is 21.0. The van der Waals surface area contributed by atoms with E-state index in [2.05, 4.69) is 221 Å². The van der Waals surface area contributed by atoms with E-state index in [0.717, 1.165) is 71.9 Å². The third-order valence-electron chi connectivity index (χ3n) is 12.0. The molecule has 0 spiro atoms. The van der Waals surface area contributed by atoms with E-state index in [1.807, 2.05) is 12.1 Å². The number of hydrogen-bond donors (Lipinski definition) is 0. The average molecular weight is 792 g/mol. The van der Waals surface area contributed by atoms with E-state index in [4.69, 9.17) is 15.0 Å². The number of benzene rings is 9. The summed E-state index contributed by atoms with van der Waals surface area (Å²) >= 11 is 0. The summed E-state index contributed by atoms with van der Waals surface area (Å²) in [6.07, 6.45) is 0. The molecule has 0 atom stereocenters. The lowest BCUT2D eigenvalue weighted by atomic mass is 9.99. The molecule has 0 saturated carbocycles. The normalized spacial score (nSPS) is 11.5. The third kappa shape index (κ3) is 5.90. The van der Waals surface area contributed by atoms with Crippen LogP contribution in [-0.4, -0.2) is 24.1 Å². The lowest BCUT2D eigenvalue weighted by molar-refractivity contribution is 0.954. The van der Waals surface area contributed by atoms with Crippen LogP contribution in [0.5, 0.6) is 0 Å². The fraction of sp³-hybridized carbons (Fsp3) is 0. The number of nitrogens with zero attached hydrogens (tertiary/aromatic N) is 5. The van der Waals surface area contributed by atoms with Crippen LogP contribution in [0, 0.1) is 0 Å². The molecule has 0 aliphatic rings. The van der Waals surface area contributed by atoms with Crippen LogP contribution >= 0.6 is 0 Å². The molecule has 0 aliphatic heterocycles. The van der Waals surface area contributed by atoms with Crippen molar-refractivity contribution >= 4 is 43.6 Å². The van der Waals surface area contributed by atoms with Crippen LogP contribution in [-0.2, 0) is 0 Å². The molecule has 290 valence electrons. The smallest absolute Gasteiger partial charge is 0.238 e. The first kappa shape index (κ1) is 35.5. The van der Waals surface area contributed by atoms with Gasteiger partial charge in [-0.3, -0.25) is 4.57 Å². The van der Waals surface area contributed by atoms with Gasteiger partial charge in [0.05, 0.1) is 27.8 Å². The van der Waals surface area contributed by atoms with E-state index >= 15 is 0 Å². The topological polar surface area (TPSA) is 48.5 Å². The Morgan fingerprint density at radius 2 is 0.710 bits per heavy atom. The quantitative estimate of drug-likeness (QED) is 0.162. The summed E-state index contributed by atoms with van der Waals surface area (Å²) in [7, 11) is 0. The lowest BCUT2D eigenvalue weighted by Crippen LogP contribution is -2.07. The van der Waals surface area contributed by atoms with E-state index in [1.165, 1.54) is 21.9 Å². The molecule has 3 heterocycles. The second-order valence-corrected chi connectivity index (χ2v) is 15.6. The molecule has 0 amide bonds. The molecule has 9 aromatic carbocycles. The fourth-order valence-corrected chi connectivity index (χ4v) is 9.14. The van der Waals surface area contributed by atoms with Gasteiger partial charge in [-0.2, -0.15) is 9.97 Å². The van der Waals surface area contributed by atoms with Crippen LogP contribution in [0.4, 0.5) is 0 Å². The van der Waals surface area contributed by atoms with Crippen LogP contribution in [0.3, 0.4) is 0 Å². The Labute approximate surface area is 358 Å². The maximum Gasteiger partial charge on any atom is 0.238 e. The van der Waals surface area contributed by atoms with Gasteiger partial charge < -0.3 is 4.57 Å². The number of fused-ring (bicyclic) bond motifs is 6.